The summed E-state index contributed by atoms with van der Waals surface area (Å²) in [7, 11) is 1.79. The smallest absolute Gasteiger partial charge is 0.268 e. The molecule has 0 unspecified atom stereocenters. The molecule has 3 aromatic heterocycles. The number of imidazole rings is 1. The first-order valence-electron chi connectivity index (χ1n) is 12.3. The molecule has 2 fully saturated rings. The van der Waals surface area contributed by atoms with Gasteiger partial charge in [-0.1, -0.05) is 18.7 Å². The van der Waals surface area contributed by atoms with Gasteiger partial charge in [0.25, 0.3) is 5.91 Å². The van der Waals surface area contributed by atoms with Gasteiger partial charge in [-0.25, -0.2) is 9.97 Å². The number of fused-ring (bicyclic) bond motifs is 1. The number of nitrogens with one attached hydrogen (secondary N) is 2. The molecule has 1 aromatic carbocycles. The molecule has 9 nitrogen and oxygen atoms in total. The van der Waals surface area contributed by atoms with Gasteiger partial charge in [-0.2, -0.15) is 0 Å². The Hall–Kier alpha value is -4.05. The van der Waals surface area contributed by atoms with E-state index in [9.17, 15) is 9.59 Å². The van der Waals surface area contributed by atoms with E-state index < -0.39 is 0 Å². The molecule has 10 heteroatoms. The largest absolute Gasteiger partial charge is 0.372 e. The Morgan fingerprint density at radius 2 is 2.00 bits per heavy atom. The van der Waals surface area contributed by atoms with E-state index in [0.717, 1.165) is 48.3 Å². The molecule has 1 saturated carbocycles. The number of amides is 2. The first-order valence-corrected chi connectivity index (χ1v) is 13.1. The van der Waals surface area contributed by atoms with Crippen LogP contribution >= 0.6 is 11.3 Å². The average molecular weight is 514 g/mol. The number of nitrogens with zero attached hydrogens (tertiary/aromatic N) is 5. The maximum Gasteiger partial charge on any atom is 0.268 e. The average Bonchev–Trinajstić information content (AvgIpc) is 3.64. The van der Waals surface area contributed by atoms with Crippen LogP contribution in [0.25, 0.3) is 21.6 Å². The number of rotatable bonds is 6. The molecule has 4 heterocycles. The normalized spacial score (nSPS) is 20.7. The van der Waals surface area contributed by atoms with Crippen molar-refractivity contribution in [3.63, 3.8) is 0 Å². The van der Waals surface area contributed by atoms with E-state index in [1.54, 1.807) is 25.5 Å². The van der Waals surface area contributed by atoms with E-state index in [-0.39, 0.29) is 23.3 Å². The molecule has 1 aliphatic heterocycles. The molecule has 1 aliphatic carbocycles. The lowest BCUT2D eigenvalue weighted by Crippen LogP contribution is -2.42. The Bertz CT molecular complexity index is 1520. The predicted octanol–water partition coefficient (Wildman–Crippen LogP) is 4.59. The van der Waals surface area contributed by atoms with Crippen molar-refractivity contribution < 1.29 is 9.59 Å². The molecule has 188 valence electrons. The number of benzene rings is 1. The summed E-state index contributed by atoms with van der Waals surface area (Å²) in [5.41, 5.74) is 2.69. The van der Waals surface area contributed by atoms with Crippen LogP contribution in [0.5, 0.6) is 0 Å². The van der Waals surface area contributed by atoms with E-state index >= 15 is 0 Å². The Kier molecular flexibility index (Phi) is 5.75. The number of likely N-dealkylation sites (tertiary alicyclic amines) is 1. The zero-order valence-corrected chi connectivity index (χ0v) is 21.3. The van der Waals surface area contributed by atoms with Crippen LogP contribution in [0.4, 0.5) is 11.8 Å². The molecular formula is C27H27N7O2S. The SMILES string of the molecule is C=CC(=O)N1CC[C@]2(C1)C[C@H](n1c(NC(=O)c3ccc(-c4cncc(NC)n4)s3)nc3ccccc31)C2. The lowest BCUT2D eigenvalue weighted by molar-refractivity contribution is -0.125. The van der Waals surface area contributed by atoms with Crippen molar-refractivity contribution in [3.05, 3.63) is 66.3 Å². The number of carbonyl (C=O) groups is 2. The van der Waals surface area contributed by atoms with Gasteiger partial charge in [0, 0.05) is 26.2 Å². The third kappa shape index (κ3) is 4.17. The zero-order chi connectivity index (χ0) is 25.6. The fraction of sp³-hybridized carbons (Fsp3) is 0.296. The number of para-hydroxylation sites is 2. The van der Waals surface area contributed by atoms with Gasteiger partial charge in [-0.05, 0) is 55.0 Å². The Morgan fingerprint density at radius 3 is 2.81 bits per heavy atom. The highest BCUT2D eigenvalue weighted by molar-refractivity contribution is 7.17. The summed E-state index contributed by atoms with van der Waals surface area (Å²) in [6.45, 7) is 5.16. The van der Waals surface area contributed by atoms with Gasteiger partial charge in [0.05, 0.1) is 33.2 Å². The summed E-state index contributed by atoms with van der Waals surface area (Å²) >= 11 is 1.37. The van der Waals surface area contributed by atoms with Crippen LogP contribution in [0.3, 0.4) is 0 Å². The van der Waals surface area contributed by atoms with Gasteiger partial charge in [-0.15, -0.1) is 11.3 Å². The number of aromatic nitrogens is 4. The van der Waals surface area contributed by atoms with Crippen molar-refractivity contribution >= 4 is 46.0 Å². The Morgan fingerprint density at radius 1 is 1.16 bits per heavy atom. The molecule has 1 spiro atoms. The second kappa shape index (κ2) is 9.11. The second-order valence-corrected chi connectivity index (χ2v) is 10.8. The summed E-state index contributed by atoms with van der Waals surface area (Å²) in [4.78, 5) is 42.2. The first-order chi connectivity index (χ1) is 18.0. The van der Waals surface area contributed by atoms with E-state index in [1.165, 1.54) is 17.4 Å². The van der Waals surface area contributed by atoms with E-state index in [0.29, 0.717) is 22.3 Å². The number of hydrogen-bond donors (Lipinski definition) is 2. The van der Waals surface area contributed by atoms with Gasteiger partial charge in [0.15, 0.2) is 0 Å². The van der Waals surface area contributed by atoms with Gasteiger partial charge >= 0.3 is 0 Å². The summed E-state index contributed by atoms with van der Waals surface area (Å²) in [6.07, 6.45) is 7.62. The third-order valence-electron chi connectivity index (χ3n) is 7.42. The quantitative estimate of drug-likeness (QED) is 0.366. The minimum Gasteiger partial charge on any atom is -0.372 e. The van der Waals surface area contributed by atoms with E-state index in [4.69, 9.17) is 4.98 Å². The summed E-state index contributed by atoms with van der Waals surface area (Å²) < 4.78 is 2.16. The molecule has 6 rings (SSSR count). The zero-order valence-electron chi connectivity index (χ0n) is 20.5. The van der Waals surface area contributed by atoms with Gasteiger partial charge in [0.2, 0.25) is 11.9 Å². The molecular weight excluding hydrogens is 486 g/mol. The fourth-order valence-electron chi connectivity index (χ4n) is 5.58. The third-order valence-corrected chi connectivity index (χ3v) is 8.53. The van der Waals surface area contributed by atoms with Crippen molar-refractivity contribution in [2.24, 2.45) is 5.41 Å². The lowest BCUT2D eigenvalue weighted by atomic mass is 9.65. The molecule has 2 N–H and O–H groups in total. The van der Waals surface area contributed by atoms with Crippen LogP contribution in [-0.2, 0) is 4.79 Å². The highest BCUT2D eigenvalue weighted by Gasteiger charge is 2.50. The summed E-state index contributed by atoms with van der Waals surface area (Å²) in [5, 5.41) is 6.05. The number of thiophene rings is 1. The van der Waals surface area contributed by atoms with Gasteiger partial charge in [0.1, 0.15) is 11.5 Å². The molecule has 1 saturated heterocycles. The maximum atomic E-state index is 13.3. The van der Waals surface area contributed by atoms with Crippen LogP contribution in [0.2, 0.25) is 0 Å². The summed E-state index contributed by atoms with van der Waals surface area (Å²) in [5.74, 6) is 1.02. The van der Waals surface area contributed by atoms with Crippen LogP contribution in [0.1, 0.15) is 35.0 Å². The van der Waals surface area contributed by atoms with Crippen molar-refractivity contribution in [2.45, 2.75) is 25.3 Å². The highest BCUT2D eigenvalue weighted by Crippen LogP contribution is 2.55. The minimum atomic E-state index is -0.205. The fourth-order valence-corrected chi connectivity index (χ4v) is 6.43. The highest BCUT2D eigenvalue weighted by atomic mass is 32.1. The molecule has 2 amide bonds. The van der Waals surface area contributed by atoms with Crippen LogP contribution in [-0.4, -0.2) is 56.4 Å². The predicted molar refractivity (Wildman–Crippen MR) is 145 cm³/mol. The lowest BCUT2D eigenvalue weighted by Gasteiger charge is -2.46. The molecule has 4 aromatic rings. The van der Waals surface area contributed by atoms with Crippen LogP contribution < -0.4 is 10.6 Å². The monoisotopic (exact) mass is 513 g/mol. The standard InChI is InChI=1S/C27H27N7O2S/c1-3-24(35)33-11-10-27(16-33)12-17(13-27)34-20-7-5-4-6-18(20)31-26(34)32-25(36)22-9-8-21(37-22)19-14-29-15-23(28-2)30-19/h3-9,14-15,17H,1,10-13,16H2,2H3,(H,28,30)(H,31,32,36)/t17-,27-. The maximum absolute atomic E-state index is 13.3. The van der Waals surface area contributed by atoms with Crippen LogP contribution in [0.15, 0.2) is 61.4 Å². The van der Waals surface area contributed by atoms with Crippen molar-refractivity contribution in [3.8, 4) is 10.6 Å². The van der Waals surface area contributed by atoms with E-state index in [1.807, 2.05) is 35.2 Å². The number of anilines is 2. The van der Waals surface area contributed by atoms with Crippen molar-refractivity contribution in [1.82, 2.24) is 24.4 Å². The molecule has 2 aliphatic rings. The summed E-state index contributed by atoms with van der Waals surface area (Å²) in [6, 6.07) is 11.9. The molecule has 0 atom stereocenters. The number of hydrogen-bond acceptors (Lipinski definition) is 7. The minimum absolute atomic E-state index is 0.000315. The molecule has 0 bridgehead atoms. The molecule has 37 heavy (non-hydrogen) atoms. The van der Waals surface area contributed by atoms with Gasteiger partial charge < -0.3 is 14.8 Å². The Labute approximate surface area is 218 Å². The van der Waals surface area contributed by atoms with Crippen molar-refractivity contribution in [2.75, 3.05) is 30.8 Å². The number of carbonyl (C=O) groups excluding carboxylic acids is 2. The second-order valence-electron chi connectivity index (χ2n) is 9.73. The van der Waals surface area contributed by atoms with Crippen molar-refractivity contribution in [1.29, 1.82) is 0 Å². The topological polar surface area (TPSA) is 105 Å². The van der Waals surface area contributed by atoms with Gasteiger partial charge in [-0.3, -0.25) is 19.9 Å². The van der Waals surface area contributed by atoms with E-state index in [2.05, 4.69) is 31.7 Å². The van der Waals surface area contributed by atoms with Crippen LogP contribution in [0, 0.1) is 5.41 Å². The molecule has 0 radical (unpaired) electrons. The first kappa shape index (κ1) is 23.4. The Balaban J connectivity index is 1.23.